The van der Waals surface area contributed by atoms with Crippen molar-refractivity contribution in [2.45, 2.75) is 47.3 Å². The van der Waals surface area contributed by atoms with Gasteiger partial charge in [-0.3, -0.25) is 0 Å². The van der Waals surface area contributed by atoms with Crippen LogP contribution in [0.3, 0.4) is 0 Å². The fourth-order valence-corrected chi connectivity index (χ4v) is 7.52. The van der Waals surface area contributed by atoms with Crippen LogP contribution in [0.1, 0.15) is 22.3 Å². The highest BCUT2D eigenvalue weighted by atomic mass is 32.2. The summed E-state index contributed by atoms with van der Waals surface area (Å²) in [6.45, 7) is 6.54. The van der Waals surface area contributed by atoms with Gasteiger partial charge in [0.2, 0.25) is 40.1 Å². The summed E-state index contributed by atoms with van der Waals surface area (Å²) >= 11 is 0. The van der Waals surface area contributed by atoms with Crippen LogP contribution in [0.4, 0.5) is 0 Å². The summed E-state index contributed by atoms with van der Waals surface area (Å²) in [4.78, 5) is 0.325. The molecule has 0 radical (unpaired) electrons. The van der Waals surface area contributed by atoms with Crippen molar-refractivity contribution in [3.8, 4) is 0 Å². The zero-order valence-electron chi connectivity index (χ0n) is 25.6. The second-order valence-electron chi connectivity index (χ2n) is 10.2. The van der Waals surface area contributed by atoms with E-state index in [1.165, 1.54) is 48.5 Å². The second kappa shape index (κ2) is 15.4. The molecular formula is C30H36N4O8S4. The smallest absolute Gasteiger partial charge is 0.207 e. The third-order valence-electron chi connectivity index (χ3n) is 6.37. The molecule has 0 amide bonds. The van der Waals surface area contributed by atoms with Crippen LogP contribution < -0.4 is 18.9 Å². The highest BCUT2D eigenvalue weighted by Crippen LogP contribution is 2.13. The van der Waals surface area contributed by atoms with Gasteiger partial charge in [0, 0.05) is 0 Å². The molecule has 0 saturated heterocycles. The summed E-state index contributed by atoms with van der Waals surface area (Å²) in [6.07, 6.45) is 0. The minimum absolute atomic E-state index is 0.0811. The number of benzene rings is 4. The molecule has 0 spiro atoms. The molecule has 0 bridgehead atoms. The minimum Gasteiger partial charge on any atom is -0.207 e. The third-order valence-corrected chi connectivity index (χ3v) is 12.0. The van der Waals surface area contributed by atoms with Crippen LogP contribution >= 0.6 is 0 Å². The number of hydrogen-bond donors (Lipinski definition) is 4. The van der Waals surface area contributed by atoms with Gasteiger partial charge in [0.15, 0.2) is 0 Å². The maximum Gasteiger partial charge on any atom is 0.241 e. The number of rotatable bonds is 12. The Morgan fingerprint density at radius 1 is 0.326 bits per heavy atom. The molecule has 46 heavy (non-hydrogen) atoms. The molecule has 0 aliphatic rings. The fourth-order valence-electron chi connectivity index (χ4n) is 3.64. The van der Waals surface area contributed by atoms with Crippen molar-refractivity contribution < 1.29 is 33.7 Å². The summed E-state index contributed by atoms with van der Waals surface area (Å²) in [5.74, 6) is 0. The van der Waals surface area contributed by atoms with E-state index < -0.39 is 53.4 Å². The van der Waals surface area contributed by atoms with Crippen molar-refractivity contribution in [1.29, 1.82) is 0 Å². The molecule has 4 aromatic carbocycles. The molecule has 16 heteroatoms. The second-order valence-corrected chi connectivity index (χ2v) is 17.3. The molecule has 4 rings (SSSR count). The molecule has 0 atom stereocenters. The van der Waals surface area contributed by atoms with E-state index in [0.29, 0.717) is 0 Å². The van der Waals surface area contributed by atoms with Gasteiger partial charge in [-0.05, 0) is 76.2 Å². The lowest BCUT2D eigenvalue weighted by Crippen LogP contribution is -2.37. The molecule has 0 heterocycles. The summed E-state index contributed by atoms with van der Waals surface area (Å²) in [5.41, 5.74) is 3.74. The molecule has 0 saturated carbocycles. The zero-order chi connectivity index (χ0) is 34.2. The van der Waals surface area contributed by atoms with Crippen LogP contribution in [-0.4, -0.2) is 47.0 Å². The lowest BCUT2D eigenvalue weighted by molar-refractivity contribution is 0.565. The van der Waals surface area contributed by atoms with Crippen LogP contribution in [0.2, 0.25) is 0 Å². The first-order valence-electron chi connectivity index (χ1n) is 13.7. The fraction of sp³-hybridized carbons (Fsp3) is 0.200. The van der Waals surface area contributed by atoms with Gasteiger partial charge in [-0.1, -0.05) is 70.8 Å². The lowest BCUT2D eigenvalue weighted by Gasteiger charge is -2.09. The Kier molecular flexibility index (Phi) is 12.4. The Morgan fingerprint density at radius 2 is 0.478 bits per heavy atom. The van der Waals surface area contributed by atoms with E-state index in [1.54, 1.807) is 48.5 Å². The highest BCUT2D eigenvalue weighted by Gasteiger charge is 2.18. The Balaban J connectivity index is 0.000000250. The maximum absolute atomic E-state index is 12.1. The van der Waals surface area contributed by atoms with Crippen LogP contribution in [0.5, 0.6) is 0 Å². The molecule has 0 aliphatic heterocycles. The first kappa shape index (κ1) is 37.0. The monoisotopic (exact) mass is 708 g/mol. The molecule has 0 aliphatic carbocycles. The van der Waals surface area contributed by atoms with Gasteiger partial charge < -0.3 is 0 Å². The van der Waals surface area contributed by atoms with Crippen molar-refractivity contribution in [3.05, 3.63) is 119 Å². The maximum atomic E-state index is 12.1. The minimum atomic E-state index is -3.77. The Hall–Kier alpha value is -3.48. The first-order chi connectivity index (χ1) is 21.4. The predicted molar refractivity (Wildman–Crippen MR) is 176 cm³/mol. The largest absolute Gasteiger partial charge is 0.241 e. The summed E-state index contributed by atoms with van der Waals surface area (Å²) in [6, 6.07) is 25.1. The van der Waals surface area contributed by atoms with Crippen molar-refractivity contribution in [1.82, 2.24) is 18.9 Å². The zero-order valence-corrected chi connectivity index (χ0v) is 28.8. The normalized spacial score (nSPS) is 12.3. The Labute approximate surface area is 271 Å². The Bertz CT molecular complexity index is 1750. The topological polar surface area (TPSA) is 185 Å². The molecule has 0 fully saturated rings. The SMILES string of the molecule is Cc1ccc(S(=O)(=O)NCNS(=O)(=O)c2ccc(C)cc2)cc1.Cc1ccc(S(=O)(=O)NCNS(=O)(=O)c2ccc(C)cc2)cc1. The van der Waals surface area contributed by atoms with E-state index >= 15 is 0 Å². The molecule has 0 aromatic heterocycles. The molecule has 12 nitrogen and oxygen atoms in total. The van der Waals surface area contributed by atoms with E-state index in [-0.39, 0.29) is 19.6 Å². The summed E-state index contributed by atoms with van der Waals surface area (Å²) in [7, 11) is -15.1. The summed E-state index contributed by atoms with van der Waals surface area (Å²) < 4.78 is 105. The van der Waals surface area contributed by atoms with Crippen molar-refractivity contribution in [2.24, 2.45) is 0 Å². The van der Waals surface area contributed by atoms with Gasteiger partial charge in [-0.15, -0.1) is 0 Å². The van der Waals surface area contributed by atoms with E-state index in [1.807, 2.05) is 27.7 Å². The van der Waals surface area contributed by atoms with Crippen LogP contribution in [0.15, 0.2) is 117 Å². The number of nitrogens with one attached hydrogen (secondary N) is 4. The number of sulfonamides is 4. The van der Waals surface area contributed by atoms with Crippen LogP contribution in [0, 0.1) is 27.7 Å². The van der Waals surface area contributed by atoms with Crippen molar-refractivity contribution >= 4 is 40.1 Å². The molecular weight excluding hydrogens is 673 g/mol. The van der Waals surface area contributed by atoms with Crippen molar-refractivity contribution in [2.75, 3.05) is 13.3 Å². The third kappa shape index (κ3) is 10.8. The van der Waals surface area contributed by atoms with Gasteiger partial charge in [0.1, 0.15) is 0 Å². The average Bonchev–Trinajstić information content (AvgIpc) is 2.98. The standard InChI is InChI=1S/2C15H18N2O4S2/c2*1-12-3-7-14(8-4-12)22(18,19)16-11-17-23(20,21)15-9-5-13(2)6-10-15/h2*3-10,16-17H,11H2,1-2H3. The van der Waals surface area contributed by atoms with Crippen LogP contribution in [-0.2, 0) is 40.1 Å². The van der Waals surface area contributed by atoms with Gasteiger partial charge in [-0.2, -0.15) is 18.9 Å². The quantitative estimate of drug-likeness (QED) is 0.162. The number of hydrogen-bond acceptors (Lipinski definition) is 8. The Morgan fingerprint density at radius 3 is 0.630 bits per heavy atom. The predicted octanol–water partition coefficient (Wildman–Crippen LogP) is 3.04. The van der Waals surface area contributed by atoms with E-state index in [9.17, 15) is 33.7 Å². The molecule has 4 aromatic rings. The molecule has 4 N–H and O–H groups in total. The van der Waals surface area contributed by atoms with Gasteiger partial charge >= 0.3 is 0 Å². The summed E-state index contributed by atoms with van der Waals surface area (Å²) in [5, 5.41) is 0. The van der Waals surface area contributed by atoms with E-state index in [4.69, 9.17) is 0 Å². The van der Waals surface area contributed by atoms with E-state index in [0.717, 1.165) is 22.3 Å². The van der Waals surface area contributed by atoms with Gasteiger partial charge in [0.25, 0.3) is 0 Å². The number of aryl methyl sites for hydroxylation is 4. The average molecular weight is 709 g/mol. The molecule has 248 valence electrons. The van der Waals surface area contributed by atoms with Gasteiger partial charge in [-0.25, -0.2) is 33.7 Å². The van der Waals surface area contributed by atoms with Crippen LogP contribution in [0.25, 0.3) is 0 Å². The lowest BCUT2D eigenvalue weighted by atomic mass is 10.2. The highest BCUT2D eigenvalue weighted by molar-refractivity contribution is 7.90. The first-order valence-corrected chi connectivity index (χ1v) is 19.6. The van der Waals surface area contributed by atoms with Crippen molar-refractivity contribution in [3.63, 3.8) is 0 Å². The van der Waals surface area contributed by atoms with Gasteiger partial charge in [0.05, 0.1) is 32.9 Å². The molecule has 0 unspecified atom stereocenters. The van der Waals surface area contributed by atoms with E-state index in [2.05, 4.69) is 18.9 Å².